The normalized spacial score (nSPS) is 31.5. The Kier molecular flexibility index (Phi) is 3.66. The quantitative estimate of drug-likeness (QED) is 0.843. The number of amides is 1. The molecule has 1 aromatic heterocycles. The Bertz CT molecular complexity index is 567. The Labute approximate surface area is 132 Å². The second-order valence-corrected chi connectivity index (χ2v) is 7.38. The van der Waals surface area contributed by atoms with Crippen molar-refractivity contribution in [3.05, 3.63) is 11.6 Å². The maximum atomic E-state index is 12.5. The van der Waals surface area contributed by atoms with Crippen LogP contribution in [-0.2, 0) is 17.8 Å². The summed E-state index contributed by atoms with van der Waals surface area (Å²) in [6, 6.07) is 0. The fraction of sp³-hybridized carbons (Fsp3) is 0.824. The topological polar surface area (TPSA) is 51.0 Å². The van der Waals surface area contributed by atoms with E-state index in [2.05, 4.69) is 26.6 Å². The smallest absolute Gasteiger partial charge is 0.225 e. The fourth-order valence-electron chi connectivity index (χ4n) is 4.10. The zero-order chi connectivity index (χ0) is 15.1. The van der Waals surface area contributed by atoms with Gasteiger partial charge in [0.25, 0.3) is 0 Å². The summed E-state index contributed by atoms with van der Waals surface area (Å²) in [5.41, 5.74) is 0. The van der Waals surface area contributed by atoms with E-state index in [1.165, 1.54) is 19.3 Å². The summed E-state index contributed by atoms with van der Waals surface area (Å²) < 4.78 is 2.35. The first-order valence-corrected chi connectivity index (χ1v) is 8.95. The number of carbonyl (C=O) groups is 1. The molecule has 3 heterocycles. The fourth-order valence-corrected chi connectivity index (χ4v) is 4.10. The van der Waals surface area contributed by atoms with E-state index in [-0.39, 0.29) is 0 Å². The lowest BCUT2D eigenvalue weighted by Gasteiger charge is -2.32. The lowest BCUT2D eigenvalue weighted by atomic mass is 9.96. The number of aryl methyl sites for hydroxylation is 1. The monoisotopic (exact) mass is 302 g/mol. The van der Waals surface area contributed by atoms with Crippen LogP contribution in [0.15, 0.2) is 0 Å². The largest absolute Gasteiger partial charge is 0.342 e. The zero-order valence-electron chi connectivity index (χ0n) is 13.5. The number of aromatic nitrogens is 3. The van der Waals surface area contributed by atoms with Crippen LogP contribution >= 0.6 is 0 Å². The van der Waals surface area contributed by atoms with Crippen LogP contribution in [0.5, 0.6) is 0 Å². The van der Waals surface area contributed by atoms with E-state index in [1.54, 1.807) is 0 Å². The van der Waals surface area contributed by atoms with Crippen molar-refractivity contribution in [3.63, 3.8) is 0 Å². The Morgan fingerprint density at radius 2 is 2.00 bits per heavy atom. The van der Waals surface area contributed by atoms with Crippen molar-refractivity contribution in [2.75, 3.05) is 13.1 Å². The molecule has 1 aliphatic carbocycles. The van der Waals surface area contributed by atoms with Crippen molar-refractivity contribution in [3.8, 4) is 0 Å². The molecule has 5 heteroatoms. The molecular weight excluding hydrogens is 276 g/mol. The molecule has 0 unspecified atom stereocenters. The van der Waals surface area contributed by atoms with Gasteiger partial charge in [-0.2, -0.15) is 0 Å². The van der Waals surface area contributed by atoms with Crippen LogP contribution in [-0.4, -0.2) is 38.7 Å². The van der Waals surface area contributed by atoms with Crippen molar-refractivity contribution in [2.45, 2.75) is 64.3 Å². The molecule has 5 nitrogen and oxygen atoms in total. The Morgan fingerprint density at radius 3 is 2.82 bits per heavy atom. The SMILES string of the molecule is C[C@@H]1C[C@H]1C(=O)N1CCC[C@H](c2nnc3n2CCCCC3)C1. The van der Waals surface area contributed by atoms with Gasteiger partial charge < -0.3 is 9.47 Å². The van der Waals surface area contributed by atoms with Crippen LogP contribution in [0.4, 0.5) is 0 Å². The third-order valence-corrected chi connectivity index (χ3v) is 5.66. The maximum absolute atomic E-state index is 12.5. The molecule has 1 aromatic rings. The number of carbonyl (C=O) groups excluding carboxylic acids is 1. The van der Waals surface area contributed by atoms with Crippen LogP contribution < -0.4 is 0 Å². The highest BCUT2D eigenvalue weighted by molar-refractivity contribution is 5.81. The molecule has 120 valence electrons. The first-order chi connectivity index (χ1) is 10.7. The second kappa shape index (κ2) is 5.67. The van der Waals surface area contributed by atoms with Gasteiger partial charge in [-0.25, -0.2) is 0 Å². The van der Waals surface area contributed by atoms with Crippen molar-refractivity contribution in [2.24, 2.45) is 11.8 Å². The number of hydrogen-bond donors (Lipinski definition) is 0. The number of fused-ring (bicyclic) bond motifs is 1. The molecule has 3 atom stereocenters. The summed E-state index contributed by atoms with van der Waals surface area (Å²) in [5, 5.41) is 8.94. The third-order valence-electron chi connectivity index (χ3n) is 5.66. The summed E-state index contributed by atoms with van der Waals surface area (Å²) in [5.74, 6) is 3.95. The Hall–Kier alpha value is -1.39. The minimum absolute atomic E-state index is 0.300. The van der Waals surface area contributed by atoms with Gasteiger partial charge in [0.05, 0.1) is 0 Å². The van der Waals surface area contributed by atoms with Crippen LogP contribution in [0.3, 0.4) is 0 Å². The van der Waals surface area contributed by atoms with Crippen molar-refractivity contribution in [1.29, 1.82) is 0 Å². The highest BCUT2D eigenvalue weighted by Gasteiger charge is 2.42. The van der Waals surface area contributed by atoms with E-state index in [1.807, 2.05) is 0 Å². The Balaban J connectivity index is 1.50. The van der Waals surface area contributed by atoms with Gasteiger partial charge in [-0.15, -0.1) is 10.2 Å². The molecule has 1 saturated carbocycles. The average molecular weight is 302 g/mol. The summed E-state index contributed by atoms with van der Waals surface area (Å²) in [7, 11) is 0. The summed E-state index contributed by atoms with van der Waals surface area (Å²) in [6.07, 6.45) is 8.13. The van der Waals surface area contributed by atoms with E-state index in [0.717, 1.165) is 57.0 Å². The van der Waals surface area contributed by atoms with E-state index < -0.39 is 0 Å². The van der Waals surface area contributed by atoms with E-state index in [9.17, 15) is 4.79 Å². The highest BCUT2D eigenvalue weighted by Crippen LogP contribution is 2.40. The Morgan fingerprint density at radius 1 is 1.14 bits per heavy atom. The zero-order valence-corrected chi connectivity index (χ0v) is 13.5. The lowest BCUT2D eigenvalue weighted by Crippen LogP contribution is -2.40. The summed E-state index contributed by atoms with van der Waals surface area (Å²) >= 11 is 0. The van der Waals surface area contributed by atoms with E-state index in [4.69, 9.17) is 0 Å². The van der Waals surface area contributed by atoms with Gasteiger partial charge in [0.1, 0.15) is 11.6 Å². The van der Waals surface area contributed by atoms with Crippen molar-refractivity contribution in [1.82, 2.24) is 19.7 Å². The first-order valence-electron chi connectivity index (χ1n) is 8.95. The number of nitrogens with zero attached hydrogens (tertiary/aromatic N) is 4. The summed E-state index contributed by atoms with van der Waals surface area (Å²) in [4.78, 5) is 14.6. The van der Waals surface area contributed by atoms with Crippen molar-refractivity contribution < 1.29 is 4.79 Å². The number of piperidine rings is 1. The minimum Gasteiger partial charge on any atom is -0.342 e. The second-order valence-electron chi connectivity index (χ2n) is 7.38. The molecule has 2 fully saturated rings. The van der Waals surface area contributed by atoms with Crippen molar-refractivity contribution >= 4 is 5.91 Å². The van der Waals surface area contributed by atoms with Gasteiger partial charge in [0, 0.05) is 37.9 Å². The third kappa shape index (κ3) is 2.55. The molecule has 0 aromatic carbocycles. The number of hydrogen-bond acceptors (Lipinski definition) is 3. The van der Waals surface area contributed by atoms with Gasteiger partial charge in [0.15, 0.2) is 0 Å². The van der Waals surface area contributed by atoms with Crippen LogP contribution in [0.1, 0.15) is 63.0 Å². The summed E-state index contributed by atoms with van der Waals surface area (Å²) in [6.45, 7) is 5.02. The first kappa shape index (κ1) is 14.2. The molecule has 0 radical (unpaired) electrons. The van der Waals surface area contributed by atoms with Crippen LogP contribution in [0.2, 0.25) is 0 Å². The molecule has 0 bridgehead atoms. The van der Waals surface area contributed by atoms with Gasteiger partial charge in [-0.1, -0.05) is 13.3 Å². The lowest BCUT2D eigenvalue weighted by molar-refractivity contribution is -0.134. The predicted molar refractivity (Wildman–Crippen MR) is 83.4 cm³/mol. The molecular formula is C17H26N4O. The predicted octanol–water partition coefficient (Wildman–Crippen LogP) is 2.37. The molecule has 4 rings (SSSR count). The van der Waals surface area contributed by atoms with E-state index in [0.29, 0.717) is 23.7 Å². The van der Waals surface area contributed by atoms with Gasteiger partial charge >= 0.3 is 0 Å². The molecule has 0 N–H and O–H groups in total. The molecule has 2 aliphatic heterocycles. The maximum Gasteiger partial charge on any atom is 0.225 e. The van der Waals surface area contributed by atoms with Gasteiger partial charge in [-0.3, -0.25) is 4.79 Å². The highest BCUT2D eigenvalue weighted by atomic mass is 16.2. The van der Waals surface area contributed by atoms with Crippen LogP contribution in [0.25, 0.3) is 0 Å². The van der Waals surface area contributed by atoms with Gasteiger partial charge in [0.2, 0.25) is 5.91 Å². The molecule has 3 aliphatic rings. The number of rotatable bonds is 2. The minimum atomic E-state index is 0.300. The molecule has 1 amide bonds. The molecule has 22 heavy (non-hydrogen) atoms. The standard InChI is InChI=1S/C17H26N4O/c1-12-10-14(12)17(22)20-8-5-6-13(11-20)16-19-18-15-7-3-2-4-9-21(15)16/h12-14H,2-11H2,1H3/t12-,13+,14-/m1/s1. The number of likely N-dealkylation sites (tertiary alicyclic amines) is 1. The molecule has 1 saturated heterocycles. The van der Waals surface area contributed by atoms with Gasteiger partial charge in [-0.05, 0) is 38.0 Å². The van der Waals surface area contributed by atoms with Crippen LogP contribution in [0, 0.1) is 11.8 Å². The van der Waals surface area contributed by atoms with E-state index >= 15 is 0 Å². The molecule has 0 spiro atoms. The average Bonchev–Trinajstić information content (AvgIpc) is 3.21.